The third-order valence-electron chi connectivity index (χ3n) is 3.40. The average Bonchev–Trinajstić information content (AvgIpc) is 2.41. The minimum atomic E-state index is -3.79. The lowest BCUT2D eigenvalue weighted by Gasteiger charge is -2.30. The molecule has 106 valence electrons. The highest BCUT2D eigenvalue weighted by molar-refractivity contribution is 9.10. The van der Waals surface area contributed by atoms with Gasteiger partial charge in [0.25, 0.3) is 0 Å². The highest BCUT2D eigenvalue weighted by Crippen LogP contribution is 2.26. The van der Waals surface area contributed by atoms with Crippen molar-refractivity contribution in [1.82, 2.24) is 9.62 Å². The van der Waals surface area contributed by atoms with Gasteiger partial charge in [0.2, 0.25) is 10.0 Å². The van der Waals surface area contributed by atoms with Crippen molar-refractivity contribution in [3.8, 4) is 0 Å². The topological polar surface area (TPSA) is 49.4 Å². The van der Waals surface area contributed by atoms with E-state index < -0.39 is 15.8 Å². The van der Waals surface area contributed by atoms with Crippen LogP contribution in [0, 0.1) is 5.82 Å². The molecule has 0 atom stereocenters. The zero-order valence-corrected chi connectivity index (χ0v) is 13.0. The second kappa shape index (κ2) is 5.87. The van der Waals surface area contributed by atoms with Crippen LogP contribution in [-0.2, 0) is 10.0 Å². The third kappa shape index (κ3) is 2.99. The molecule has 1 aromatic carbocycles. The highest BCUT2D eigenvalue weighted by atomic mass is 79.9. The number of nitrogens with one attached hydrogen (secondary N) is 1. The summed E-state index contributed by atoms with van der Waals surface area (Å²) in [6.07, 6.45) is 1.48. The molecule has 0 aromatic heterocycles. The lowest BCUT2D eigenvalue weighted by Crippen LogP contribution is -2.44. The molecule has 0 unspecified atom stereocenters. The summed E-state index contributed by atoms with van der Waals surface area (Å²) in [5.41, 5.74) is 0. The molecule has 1 aromatic rings. The standard InChI is InChI=1S/C12H16BrFN2O2S/c1-16(9-5-7-15-8-6-9)19(17,18)11-4-2-3-10(13)12(11)14/h2-4,9,15H,5-8H2,1H3. The number of sulfonamides is 1. The Kier molecular flexibility index (Phi) is 4.60. The molecule has 1 aliphatic rings. The van der Waals surface area contributed by atoms with Crippen molar-refractivity contribution in [3.63, 3.8) is 0 Å². The Labute approximate surface area is 121 Å². The van der Waals surface area contributed by atoms with Crippen LogP contribution in [0.25, 0.3) is 0 Å². The Morgan fingerprint density at radius 1 is 1.37 bits per heavy atom. The van der Waals surface area contributed by atoms with Crippen molar-refractivity contribution in [2.24, 2.45) is 0 Å². The quantitative estimate of drug-likeness (QED) is 0.906. The van der Waals surface area contributed by atoms with E-state index in [1.54, 1.807) is 0 Å². The summed E-state index contributed by atoms with van der Waals surface area (Å²) in [4.78, 5) is -0.275. The van der Waals surface area contributed by atoms with E-state index in [1.165, 1.54) is 29.6 Å². The molecule has 0 bridgehead atoms. The van der Waals surface area contributed by atoms with Gasteiger partial charge in [-0.2, -0.15) is 4.31 Å². The Morgan fingerprint density at radius 3 is 2.63 bits per heavy atom. The fraction of sp³-hybridized carbons (Fsp3) is 0.500. The zero-order valence-electron chi connectivity index (χ0n) is 10.6. The van der Waals surface area contributed by atoms with Crippen LogP contribution in [0.3, 0.4) is 0 Å². The molecular weight excluding hydrogens is 335 g/mol. The van der Waals surface area contributed by atoms with Gasteiger partial charge in [0.05, 0.1) is 4.47 Å². The average molecular weight is 351 g/mol. The van der Waals surface area contributed by atoms with Gasteiger partial charge in [0.1, 0.15) is 4.90 Å². The van der Waals surface area contributed by atoms with E-state index in [9.17, 15) is 12.8 Å². The van der Waals surface area contributed by atoms with Crippen LogP contribution in [0.2, 0.25) is 0 Å². The molecule has 1 fully saturated rings. The Morgan fingerprint density at radius 2 is 2.00 bits per heavy atom. The van der Waals surface area contributed by atoms with Crippen LogP contribution in [0.1, 0.15) is 12.8 Å². The van der Waals surface area contributed by atoms with E-state index >= 15 is 0 Å². The molecule has 1 saturated heterocycles. The van der Waals surface area contributed by atoms with Gasteiger partial charge in [0, 0.05) is 13.1 Å². The predicted molar refractivity (Wildman–Crippen MR) is 74.9 cm³/mol. The fourth-order valence-corrected chi connectivity index (χ4v) is 4.20. The number of nitrogens with zero attached hydrogens (tertiary/aromatic N) is 1. The van der Waals surface area contributed by atoms with E-state index in [2.05, 4.69) is 21.2 Å². The Hall–Kier alpha value is -0.500. The van der Waals surface area contributed by atoms with Crippen LogP contribution < -0.4 is 5.32 Å². The lowest BCUT2D eigenvalue weighted by molar-refractivity contribution is 0.295. The largest absolute Gasteiger partial charge is 0.317 e. The van der Waals surface area contributed by atoms with Crippen molar-refractivity contribution in [2.45, 2.75) is 23.8 Å². The molecule has 1 aliphatic heterocycles. The van der Waals surface area contributed by atoms with Crippen molar-refractivity contribution in [2.75, 3.05) is 20.1 Å². The molecule has 0 spiro atoms. The van der Waals surface area contributed by atoms with Gasteiger partial charge in [0.15, 0.2) is 5.82 Å². The molecule has 2 rings (SSSR count). The second-order valence-electron chi connectivity index (χ2n) is 4.55. The Balaban J connectivity index is 2.33. The monoisotopic (exact) mass is 350 g/mol. The van der Waals surface area contributed by atoms with Crippen molar-refractivity contribution < 1.29 is 12.8 Å². The summed E-state index contributed by atoms with van der Waals surface area (Å²) in [6.45, 7) is 1.57. The SMILES string of the molecule is CN(C1CCNCC1)S(=O)(=O)c1cccc(Br)c1F. The van der Waals surface area contributed by atoms with E-state index in [0.717, 1.165) is 25.9 Å². The van der Waals surface area contributed by atoms with Crippen molar-refractivity contribution in [3.05, 3.63) is 28.5 Å². The maximum atomic E-state index is 14.0. The molecule has 0 amide bonds. The van der Waals surface area contributed by atoms with Gasteiger partial charge in [-0.05, 0) is 54.0 Å². The number of rotatable bonds is 3. The van der Waals surface area contributed by atoms with Gasteiger partial charge in [-0.1, -0.05) is 6.07 Å². The molecule has 4 nitrogen and oxygen atoms in total. The first-order chi connectivity index (χ1) is 8.94. The molecule has 7 heteroatoms. The van der Waals surface area contributed by atoms with Crippen molar-refractivity contribution in [1.29, 1.82) is 0 Å². The third-order valence-corrected chi connectivity index (χ3v) is 5.94. The summed E-state index contributed by atoms with van der Waals surface area (Å²) in [6, 6.07) is 4.23. The molecule has 0 aliphatic carbocycles. The first-order valence-electron chi connectivity index (χ1n) is 6.07. The van der Waals surface area contributed by atoms with E-state index in [0.29, 0.717) is 0 Å². The molecule has 0 radical (unpaired) electrons. The van der Waals surface area contributed by atoms with Gasteiger partial charge < -0.3 is 5.32 Å². The molecular formula is C12H16BrFN2O2S. The van der Waals surface area contributed by atoms with Gasteiger partial charge in [-0.25, -0.2) is 12.8 Å². The highest BCUT2D eigenvalue weighted by Gasteiger charge is 2.31. The minimum absolute atomic E-state index is 0.0790. The second-order valence-corrected chi connectivity index (χ2v) is 7.37. The van der Waals surface area contributed by atoms with Crippen LogP contribution in [0.5, 0.6) is 0 Å². The smallest absolute Gasteiger partial charge is 0.246 e. The number of halogens is 2. The van der Waals surface area contributed by atoms with Crippen LogP contribution >= 0.6 is 15.9 Å². The van der Waals surface area contributed by atoms with Gasteiger partial charge >= 0.3 is 0 Å². The van der Waals surface area contributed by atoms with Crippen LogP contribution in [0.4, 0.5) is 4.39 Å². The predicted octanol–water partition coefficient (Wildman–Crippen LogP) is 1.96. The minimum Gasteiger partial charge on any atom is -0.317 e. The number of benzene rings is 1. The lowest BCUT2D eigenvalue weighted by atomic mass is 10.1. The molecule has 0 saturated carbocycles. The summed E-state index contributed by atoms with van der Waals surface area (Å²) in [5.74, 6) is -0.733. The summed E-state index contributed by atoms with van der Waals surface area (Å²) >= 11 is 3.02. The summed E-state index contributed by atoms with van der Waals surface area (Å²) in [5, 5.41) is 3.18. The van der Waals surface area contributed by atoms with E-state index in [-0.39, 0.29) is 15.4 Å². The maximum absolute atomic E-state index is 14.0. The van der Waals surface area contributed by atoms with Gasteiger partial charge in [-0.15, -0.1) is 0 Å². The fourth-order valence-electron chi connectivity index (χ4n) is 2.20. The first kappa shape index (κ1) is 14.9. The zero-order chi connectivity index (χ0) is 14.0. The van der Waals surface area contributed by atoms with Crippen LogP contribution in [-0.4, -0.2) is 38.9 Å². The number of piperidine rings is 1. The van der Waals surface area contributed by atoms with Crippen LogP contribution in [0.15, 0.2) is 27.6 Å². The maximum Gasteiger partial charge on any atom is 0.246 e. The van der Waals surface area contributed by atoms with Crippen molar-refractivity contribution >= 4 is 26.0 Å². The Bertz CT molecular complexity index is 559. The summed E-state index contributed by atoms with van der Waals surface area (Å²) < 4.78 is 40.3. The normalized spacial score (nSPS) is 17.9. The van der Waals surface area contributed by atoms with Gasteiger partial charge in [-0.3, -0.25) is 0 Å². The van der Waals surface area contributed by atoms with E-state index in [4.69, 9.17) is 0 Å². The summed E-state index contributed by atoms with van der Waals surface area (Å²) in [7, 11) is -2.27. The molecule has 19 heavy (non-hydrogen) atoms. The number of hydrogen-bond acceptors (Lipinski definition) is 3. The molecule has 1 N–H and O–H groups in total. The first-order valence-corrected chi connectivity index (χ1v) is 8.30. The van der Waals surface area contributed by atoms with E-state index in [1.807, 2.05) is 0 Å². The molecule has 1 heterocycles. The number of hydrogen-bond donors (Lipinski definition) is 1.